The molecular formula is C8H4. The lowest BCUT2D eigenvalue weighted by Crippen LogP contribution is -1.43. The third-order valence-electron chi connectivity index (χ3n) is 0.417. The van der Waals surface area contributed by atoms with E-state index in [2.05, 4.69) is 23.5 Å². The normalized spacial score (nSPS) is 6.75. The van der Waals surface area contributed by atoms with E-state index >= 15 is 0 Å². The first-order chi connectivity index (χ1) is 3.91. The molecule has 0 aromatic rings. The van der Waals surface area contributed by atoms with Gasteiger partial charge in [0.05, 0.1) is 5.73 Å². The maximum Gasteiger partial charge on any atom is 0.198 e. The van der Waals surface area contributed by atoms with Crippen LogP contribution in [0.3, 0.4) is 0 Å². The van der Waals surface area contributed by atoms with Crippen LogP contribution < -0.4 is 0 Å². The molecule has 0 aliphatic heterocycles. The van der Waals surface area contributed by atoms with Gasteiger partial charge < -0.3 is 0 Å². The van der Waals surface area contributed by atoms with Gasteiger partial charge in [-0.2, -0.15) is 0 Å². The Hall–Kier alpha value is -1.49. The quantitative estimate of drug-likeness (QED) is 0.201. The molecule has 0 nitrogen and oxygen atoms in total. The summed E-state index contributed by atoms with van der Waals surface area (Å²) in [6, 6.07) is 0. The van der Waals surface area contributed by atoms with E-state index in [1.165, 1.54) is 12.2 Å². The second-order valence-corrected chi connectivity index (χ2v) is 0.911. The van der Waals surface area contributed by atoms with Crippen LogP contribution in [-0.4, -0.2) is 0 Å². The van der Waals surface area contributed by atoms with E-state index < -0.39 is 0 Å². The van der Waals surface area contributed by atoms with Crippen LogP contribution in [0.5, 0.6) is 0 Å². The molecule has 0 amide bonds. The SMILES string of the molecule is C#C[C-]=CC=C=C=[CH+]. The van der Waals surface area contributed by atoms with Crippen molar-refractivity contribution < 1.29 is 0 Å². The summed E-state index contributed by atoms with van der Waals surface area (Å²) in [4.78, 5) is 0. The van der Waals surface area contributed by atoms with Crippen LogP contribution >= 0.6 is 0 Å². The highest BCUT2D eigenvalue weighted by Gasteiger charge is 1.49. The van der Waals surface area contributed by atoms with Crippen molar-refractivity contribution in [2.24, 2.45) is 0 Å². The molecule has 0 unspecified atom stereocenters. The summed E-state index contributed by atoms with van der Waals surface area (Å²) in [5, 5.41) is 0. The van der Waals surface area contributed by atoms with Crippen LogP contribution in [0.4, 0.5) is 0 Å². The summed E-state index contributed by atoms with van der Waals surface area (Å²) in [7, 11) is 0. The van der Waals surface area contributed by atoms with E-state index in [4.69, 9.17) is 13.0 Å². The predicted octanol–water partition coefficient (Wildman–Crippen LogP) is 1.28. The van der Waals surface area contributed by atoms with Crippen LogP contribution in [0.25, 0.3) is 0 Å². The van der Waals surface area contributed by atoms with Crippen LogP contribution in [0, 0.1) is 25.0 Å². The molecule has 0 rings (SSSR count). The fourth-order valence-corrected chi connectivity index (χ4v) is 0.180. The first-order valence-electron chi connectivity index (χ1n) is 1.99. The van der Waals surface area contributed by atoms with Crippen molar-refractivity contribution in [3.8, 4) is 12.3 Å². The number of hydrogen-bond donors (Lipinski definition) is 0. The standard InChI is InChI=1S/C8H4/c1-3-5-7-8-6-4-2/h1-2,7-8H. The van der Waals surface area contributed by atoms with Gasteiger partial charge in [0.2, 0.25) is 0 Å². The highest BCUT2D eigenvalue weighted by molar-refractivity contribution is 5.08. The van der Waals surface area contributed by atoms with Gasteiger partial charge in [0.15, 0.2) is 5.73 Å². The average Bonchev–Trinajstić information content (AvgIpc) is 1.81. The first kappa shape index (κ1) is 6.51. The maximum atomic E-state index is 4.82. The van der Waals surface area contributed by atoms with Crippen molar-refractivity contribution in [3.05, 3.63) is 36.3 Å². The Morgan fingerprint density at radius 1 is 1.62 bits per heavy atom. The molecule has 0 radical (unpaired) electrons. The Balaban J connectivity index is 3.82. The first-order valence-corrected chi connectivity index (χ1v) is 1.99. The third kappa shape index (κ3) is 4.51. The number of rotatable bonds is 1. The van der Waals surface area contributed by atoms with Crippen molar-refractivity contribution in [1.29, 1.82) is 0 Å². The molecule has 0 saturated heterocycles. The monoisotopic (exact) mass is 100 g/mol. The smallest absolute Gasteiger partial charge is 0.198 e. The largest absolute Gasteiger partial charge is 0.267 e. The van der Waals surface area contributed by atoms with Crippen LogP contribution in [0.1, 0.15) is 0 Å². The van der Waals surface area contributed by atoms with Crippen LogP contribution in [-0.2, 0) is 0 Å². The summed E-state index contributed by atoms with van der Waals surface area (Å²) >= 11 is 0. The second kappa shape index (κ2) is 5.51. The molecule has 0 aliphatic rings. The Labute approximate surface area is 49.5 Å². The fraction of sp³-hybridized carbons (Fsp3) is 0. The minimum atomic E-state index is 1.53. The zero-order chi connectivity index (χ0) is 6.24. The minimum Gasteiger partial charge on any atom is -0.267 e. The van der Waals surface area contributed by atoms with E-state index in [0.29, 0.717) is 0 Å². The van der Waals surface area contributed by atoms with Gasteiger partial charge in [0.25, 0.3) is 0 Å². The lowest BCUT2D eigenvalue weighted by Gasteiger charge is -1.65. The second-order valence-electron chi connectivity index (χ2n) is 0.911. The molecule has 0 aromatic carbocycles. The molecule has 0 heteroatoms. The molecule has 0 atom stereocenters. The molecule has 0 bridgehead atoms. The molecule has 8 heavy (non-hydrogen) atoms. The van der Waals surface area contributed by atoms with Gasteiger partial charge >= 0.3 is 0 Å². The molecule has 0 saturated carbocycles. The molecule has 0 fully saturated rings. The van der Waals surface area contributed by atoms with Crippen LogP contribution in [0.2, 0.25) is 0 Å². The van der Waals surface area contributed by atoms with E-state index in [1.54, 1.807) is 0 Å². The van der Waals surface area contributed by atoms with Gasteiger partial charge in [-0.25, -0.2) is 5.92 Å². The highest BCUT2D eigenvalue weighted by atomic mass is 13.6. The van der Waals surface area contributed by atoms with Crippen molar-refractivity contribution in [2.45, 2.75) is 0 Å². The Morgan fingerprint density at radius 3 is 2.88 bits per heavy atom. The number of hydrogen-bond acceptors (Lipinski definition) is 0. The van der Waals surface area contributed by atoms with E-state index in [9.17, 15) is 0 Å². The molecule has 0 N–H and O–H groups in total. The maximum absolute atomic E-state index is 4.82. The summed E-state index contributed by atoms with van der Waals surface area (Å²) < 4.78 is 0. The van der Waals surface area contributed by atoms with E-state index in [-0.39, 0.29) is 0 Å². The van der Waals surface area contributed by atoms with Gasteiger partial charge in [0, 0.05) is 0 Å². The number of terminal acetylenes is 1. The molecule has 0 spiro atoms. The predicted molar refractivity (Wildman–Crippen MR) is 32.5 cm³/mol. The Bertz CT molecular complexity index is 189. The van der Waals surface area contributed by atoms with Gasteiger partial charge in [-0.3, -0.25) is 6.42 Å². The van der Waals surface area contributed by atoms with Gasteiger partial charge in [-0.15, -0.1) is 12.2 Å². The molecule has 0 aliphatic carbocycles. The van der Waals surface area contributed by atoms with Gasteiger partial charge in [-0.05, 0) is 6.08 Å². The molecule has 36 valence electrons. The van der Waals surface area contributed by atoms with Crippen LogP contribution in [0.15, 0.2) is 23.6 Å². The van der Waals surface area contributed by atoms with E-state index in [1.807, 2.05) is 0 Å². The van der Waals surface area contributed by atoms with Crippen molar-refractivity contribution in [2.75, 3.05) is 0 Å². The van der Waals surface area contributed by atoms with Crippen molar-refractivity contribution in [3.63, 3.8) is 0 Å². The average molecular weight is 100 g/mol. The minimum absolute atomic E-state index is 1.53. The molecule has 0 aromatic heterocycles. The topological polar surface area (TPSA) is 0 Å². The number of allylic oxidation sites excluding steroid dienone is 3. The lowest BCUT2D eigenvalue weighted by molar-refractivity contribution is 1.95. The summed E-state index contributed by atoms with van der Waals surface area (Å²) in [5.41, 5.74) is 4.65. The highest BCUT2D eigenvalue weighted by Crippen LogP contribution is 1.67. The van der Waals surface area contributed by atoms with Crippen molar-refractivity contribution >= 4 is 0 Å². The zero-order valence-electron chi connectivity index (χ0n) is 4.31. The van der Waals surface area contributed by atoms with Crippen molar-refractivity contribution in [1.82, 2.24) is 0 Å². The Kier molecular flexibility index (Phi) is 4.48. The molecular weight excluding hydrogens is 96.1 g/mol. The van der Waals surface area contributed by atoms with Gasteiger partial charge in [-0.1, -0.05) is 0 Å². The zero-order valence-corrected chi connectivity index (χ0v) is 4.31. The summed E-state index contributed by atoms with van der Waals surface area (Å²) in [6.07, 6.45) is 10.3. The van der Waals surface area contributed by atoms with Gasteiger partial charge in [0.1, 0.15) is 6.58 Å². The van der Waals surface area contributed by atoms with E-state index in [0.717, 1.165) is 0 Å². The summed E-state index contributed by atoms with van der Waals surface area (Å²) in [6.45, 7) is 4.82. The molecule has 0 heterocycles. The lowest BCUT2D eigenvalue weighted by atomic mass is 10.5. The fourth-order valence-electron chi connectivity index (χ4n) is 0.180. The Morgan fingerprint density at radius 2 is 2.38 bits per heavy atom. The third-order valence-corrected chi connectivity index (χ3v) is 0.417. The summed E-state index contributed by atoms with van der Waals surface area (Å²) in [5.74, 6) is 2.18.